The number of fused-ring (bicyclic) bond motifs is 2. The summed E-state index contributed by atoms with van der Waals surface area (Å²) in [6.07, 6.45) is 17.3. The van der Waals surface area contributed by atoms with Crippen LogP contribution >= 0.6 is 0 Å². The van der Waals surface area contributed by atoms with Gasteiger partial charge in [-0.2, -0.15) is 0 Å². The zero-order valence-electron chi connectivity index (χ0n) is 72.6. The number of benzene rings is 6. The van der Waals surface area contributed by atoms with Gasteiger partial charge in [0.2, 0.25) is 23.6 Å². The van der Waals surface area contributed by atoms with Crippen molar-refractivity contribution in [2.75, 3.05) is 51.0 Å². The molecule has 6 unspecified atom stereocenters. The Morgan fingerprint density at radius 2 is 0.877 bits per heavy atom. The quantitative estimate of drug-likeness (QED) is 0.0411. The molecule has 8 aliphatic rings. The molecule has 0 radical (unpaired) electrons. The number of hydrogen-bond acceptors (Lipinski definition) is 14. The van der Waals surface area contributed by atoms with Gasteiger partial charge in [-0.3, -0.25) is 29.0 Å². The number of imidazole rings is 2. The second kappa shape index (κ2) is 34.2. The number of carbonyl (C=O) groups excluding carboxylic acids is 8. The van der Waals surface area contributed by atoms with Crippen LogP contribution in [-0.4, -0.2) is 163 Å². The first-order valence-corrected chi connectivity index (χ1v) is 44.2. The topological polar surface area (TPSA) is 292 Å². The van der Waals surface area contributed by atoms with Gasteiger partial charge in [-0.15, -0.1) is 0 Å². The maximum atomic E-state index is 15.7. The summed E-state index contributed by atoms with van der Waals surface area (Å²) < 4.78 is 21.7. The fraction of sp³-hybridized carbons (Fsp3) is 0.490. The molecule has 6 heterocycles. The van der Waals surface area contributed by atoms with E-state index in [1.807, 2.05) is 117 Å². The summed E-state index contributed by atoms with van der Waals surface area (Å²) in [5, 5.41) is 12.0. The third-order valence-corrected chi connectivity index (χ3v) is 27.2. The molecule has 8 amide bonds. The van der Waals surface area contributed by atoms with Crippen LogP contribution in [-0.2, 0) is 63.8 Å². The molecule has 4 aliphatic carbocycles. The fourth-order valence-electron chi connectivity index (χ4n) is 21.4. The summed E-state index contributed by atoms with van der Waals surface area (Å²) in [4.78, 5) is 135. The average molecular weight is 1660 g/mol. The van der Waals surface area contributed by atoms with E-state index in [1.165, 1.54) is 67.7 Å². The van der Waals surface area contributed by atoms with Gasteiger partial charge in [0.1, 0.15) is 47.0 Å². The Bertz CT molecular complexity index is 5300. The lowest BCUT2D eigenvalue weighted by Gasteiger charge is -2.32. The van der Waals surface area contributed by atoms with Crippen LogP contribution in [0.15, 0.2) is 134 Å². The zero-order chi connectivity index (χ0) is 85.8. The van der Waals surface area contributed by atoms with Gasteiger partial charge in [0, 0.05) is 37.6 Å². The molecule has 24 heteroatoms. The predicted octanol–water partition coefficient (Wildman–Crippen LogP) is 18.4. The van der Waals surface area contributed by atoms with Crippen LogP contribution in [0.1, 0.15) is 205 Å². The normalized spacial score (nSPS) is 22.1. The van der Waals surface area contributed by atoms with E-state index in [0.29, 0.717) is 62.6 Å². The van der Waals surface area contributed by atoms with Crippen LogP contribution in [0.2, 0.25) is 0 Å². The molecule has 0 bridgehead atoms. The zero-order valence-corrected chi connectivity index (χ0v) is 72.6. The van der Waals surface area contributed by atoms with Gasteiger partial charge in [-0.25, -0.2) is 29.1 Å². The lowest BCUT2D eigenvalue weighted by molar-refractivity contribution is -0.139. The molecular weight excluding hydrogens is 1540 g/mol. The van der Waals surface area contributed by atoms with Gasteiger partial charge in [-0.05, 0) is 281 Å². The van der Waals surface area contributed by atoms with Gasteiger partial charge >= 0.3 is 24.4 Å². The molecule has 6 aromatic carbocycles. The molecule has 2 saturated carbocycles. The van der Waals surface area contributed by atoms with Crippen molar-refractivity contribution in [1.82, 2.24) is 50.2 Å². The highest BCUT2D eigenvalue weighted by Crippen LogP contribution is 2.59. The van der Waals surface area contributed by atoms with Gasteiger partial charge in [0.25, 0.3) is 0 Å². The lowest BCUT2D eigenvalue weighted by atomic mass is 9.78. The Hall–Kier alpha value is -11.3. The summed E-state index contributed by atoms with van der Waals surface area (Å²) in [6.45, 7) is 20.7. The maximum Gasteiger partial charge on any atom is 0.410 e. The number of hydrogen-bond donors (Lipinski definition) is 6. The van der Waals surface area contributed by atoms with Gasteiger partial charge in [0.05, 0.1) is 50.1 Å². The van der Waals surface area contributed by atoms with Crippen LogP contribution in [0.5, 0.6) is 0 Å². The van der Waals surface area contributed by atoms with Crippen molar-refractivity contribution < 1.29 is 57.3 Å². The number of carbonyl (C=O) groups is 8. The number of likely N-dealkylation sites (tertiary alicyclic amines) is 4. The Morgan fingerprint density at radius 3 is 1.36 bits per heavy atom. The highest BCUT2D eigenvalue weighted by atomic mass is 16.6. The lowest BCUT2D eigenvalue weighted by Crippen LogP contribution is -2.54. The van der Waals surface area contributed by atoms with Crippen LogP contribution in [0.4, 0.5) is 30.6 Å². The molecule has 2 spiro atoms. The van der Waals surface area contributed by atoms with E-state index in [4.69, 9.17) is 28.9 Å². The molecule has 16 rings (SSSR count). The largest absolute Gasteiger partial charge is 0.453 e. The van der Waals surface area contributed by atoms with Crippen molar-refractivity contribution in [3.05, 3.63) is 168 Å². The standard InChI is InChI=1S/C98H118N12O12/c1-57(2)82(105-91(115)119-11)89(113)107-44-17-24-79(107)85-99-55-77(103-85)61-33-29-60(30-34-61)69-36-38-71(63-20-15-22-66(48-63)101-87(111)81-26-19-45-108(81)90(114)83(58(3)4)106-92(116)120-12)76-54-98(53-75(69)76)43-39-65(50-98)72-40-47-110(94(118)122-96(8,9)10)84(72)88(112)102-67-23-16-21-64(49-67)70-37-35-68(73-51-97(52-74(70)73)41-13-14-42-97)59-27-31-62(32-28-59)78-56-100-86(104-78)80-25-18-46-109(80)93(117)121-95(5,6)7/h15-16,20-23,27-38,48-49,55-58,65,72,79-84H,13-14,17-19,24-26,39-47,50-54H2,1-12H3,(H,99,103)(H,100,104)(H,101,111)(H,102,112)(H,105,115)(H,106,116)/t65?,72?,79?,80-,81?,82?,83-,84-,98?/m0/s1. The summed E-state index contributed by atoms with van der Waals surface area (Å²) in [7, 11) is 2.55. The Kier molecular flexibility index (Phi) is 23.6. The minimum atomic E-state index is -0.876. The molecule has 642 valence electrons. The molecule has 4 aliphatic heterocycles. The van der Waals surface area contributed by atoms with Gasteiger partial charge in [-0.1, -0.05) is 138 Å². The predicted molar refractivity (Wildman–Crippen MR) is 469 cm³/mol. The number of H-pyrrole nitrogens is 2. The molecule has 6 fully saturated rings. The number of amides is 8. The molecule has 2 aromatic heterocycles. The first kappa shape index (κ1) is 84.3. The molecular formula is C98H118N12O12. The van der Waals surface area contributed by atoms with Crippen molar-refractivity contribution in [3.8, 4) is 67.0 Å². The number of methoxy groups -OCH3 is 2. The van der Waals surface area contributed by atoms with E-state index in [0.717, 1.165) is 138 Å². The van der Waals surface area contributed by atoms with E-state index in [1.54, 1.807) is 14.7 Å². The molecule has 8 aromatic rings. The highest BCUT2D eigenvalue weighted by molar-refractivity contribution is 6.00. The third-order valence-electron chi connectivity index (χ3n) is 27.2. The smallest absolute Gasteiger partial charge is 0.410 e. The summed E-state index contributed by atoms with van der Waals surface area (Å²) in [5.41, 5.74) is 17.3. The fourth-order valence-corrected chi connectivity index (χ4v) is 21.4. The summed E-state index contributed by atoms with van der Waals surface area (Å²) in [5.74, 6) is -0.138. The number of aromatic nitrogens is 4. The number of ether oxygens (including phenoxy) is 4. The first-order valence-electron chi connectivity index (χ1n) is 44.2. The number of nitrogens with zero attached hydrogens (tertiary/aromatic N) is 6. The third kappa shape index (κ3) is 17.3. The van der Waals surface area contributed by atoms with Crippen LogP contribution in [0.3, 0.4) is 0 Å². The van der Waals surface area contributed by atoms with Crippen LogP contribution in [0.25, 0.3) is 67.0 Å². The number of nitrogens with one attached hydrogen (secondary N) is 6. The number of alkyl carbamates (subject to hydrolysis) is 2. The van der Waals surface area contributed by atoms with Crippen LogP contribution in [0, 0.1) is 34.5 Å². The summed E-state index contributed by atoms with van der Waals surface area (Å²) >= 11 is 0. The molecule has 4 saturated heterocycles. The van der Waals surface area contributed by atoms with Crippen molar-refractivity contribution in [1.29, 1.82) is 0 Å². The minimum absolute atomic E-state index is 0.0819. The minimum Gasteiger partial charge on any atom is -0.453 e. The Balaban J connectivity index is 0.668. The first-order chi connectivity index (χ1) is 58.4. The monoisotopic (exact) mass is 1650 g/mol. The van der Waals surface area contributed by atoms with E-state index >= 15 is 4.79 Å². The number of anilines is 2. The van der Waals surface area contributed by atoms with Crippen molar-refractivity contribution >= 4 is 59.4 Å². The van der Waals surface area contributed by atoms with Gasteiger partial charge < -0.3 is 60.0 Å². The Morgan fingerprint density at radius 1 is 0.451 bits per heavy atom. The summed E-state index contributed by atoms with van der Waals surface area (Å²) in [6, 6.07) is 38.7. The second-order valence-corrected chi connectivity index (χ2v) is 38.3. The average Bonchev–Trinajstić information content (AvgIpc) is 1.60. The maximum absolute atomic E-state index is 15.7. The molecule has 24 nitrogen and oxygen atoms in total. The molecule has 6 N–H and O–H groups in total. The van der Waals surface area contributed by atoms with E-state index in [9.17, 15) is 33.6 Å². The van der Waals surface area contributed by atoms with E-state index < -0.39 is 53.6 Å². The Labute approximate surface area is 715 Å². The number of rotatable bonds is 19. The van der Waals surface area contributed by atoms with Crippen molar-refractivity contribution in [2.45, 2.75) is 232 Å². The SMILES string of the molecule is COC(=O)NC(C(=O)N1CCCC1c1ncc(-c2ccc(-c3ccc(-c4cccc(NC(=O)C5CCCN5C(=O)[C@@H](NC(=O)OC)C(C)C)c4)c4c3CC3(CCC(C5CCN(C(=O)OC(C)(C)C)[C@@H]5C(=O)Nc5cccc(-c6ccc(-c7ccc(-c8cnc([C@@H]9CCCN9C(=O)OC(C)(C)C)[nH]8)cc7)c7c6CC6(CCCC6)C7)c5)C3)C4)cc2)[nH]1)C(C)C. The van der Waals surface area contributed by atoms with Crippen molar-refractivity contribution in [3.63, 3.8) is 0 Å². The number of aromatic amines is 2. The molecule has 9 atom stereocenters. The van der Waals surface area contributed by atoms with Gasteiger partial charge in [0.15, 0.2) is 0 Å². The van der Waals surface area contributed by atoms with E-state index in [-0.39, 0.29) is 76.3 Å². The van der Waals surface area contributed by atoms with E-state index in [2.05, 4.69) is 122 Å². The van der Waals surface area contributed by atoms with Crippen molar-refractivity contribution in [2.24, 2.45) is 34.5 Å². The molecule has 122 heavy (non-hydrogen) atoms. The second-order valence-electron chi connectivity index (χ2n) is 38.3. The highest BCUT2D eigenvalue weighted by Gasteiger charge is 2.54. The van der Waals surface area contributed by atoms with Crippen LogP contribution < -0.4 is 21.3 Å².